The zero-order chi connectivity index (χ0) is 20.3. The van der Waals surface area contributed by atoms with Crippen LogP contribution in [0.4, 0.5) is 0 Å². The Morgan fingerprint density at radius 2 is 1.79 bits per heavy atom. The Balaban J connectivity index is 1.87. The minimum atomic E-state index is -1.46. The van der Waals surface area contributed by atoms with E-state index in [1.54, 1.807) is 4.90 Å². The van der Waals surface area contributed by atoms with Gasteiger partial charge in [0, 0.05) is 18.5 Å². The van der Waals surface area contributed by atoms with Crippen LogP contribution in [-0.4, -0.2) is 46.7 Å². The van der Waals surface area contributed by atoms with Gasteiger partial charge in [0.25, 0.3) is 0 Å². The molecule has 2 N–H and O–H groups in total. The Bertz CT molecular complexity index is 780. The molecule has 7 nitrogen and oxygen atoms in total. The number of nitrogens with zero attached hydrogens (tertiary/aromatic N) is 1. The van der Waals surface area contributed by atoms with Crippen LogP contribution in [0, 0.1) is 18.3 Å². The maximum absolute atomic E-state index is 13.2. The number of amides is 2. The van der Waals surface area contributed by atoms with Crippen LogP contribution in [0.5, 0.6) is 0 Å². The van der Waals surface area contributed by atoms with Gasteiger partial charge < -0.3 is 15.3 Å². The predicted molar refractivity (Wildman–Crippen MR) is 101 cm³/mol. The number of piperidine rings is 1. The van der Waals surface area contributed by atoms with Gasteiger partial charge in [-0.25, -0.2) is 0 Å². The van der Waals surface area contributed by atoms with Crippen molar-refractivity contribution in [1.29, 1.82) is 0 Å². The number of carbonyl (C=O) groups is 4. The summed E-state index contributed by atoms with van der Waals surface area (Å²) in [6, 6.07) is 7.79. The molecule has 1 aliphatic heterocycles. The van der Waals surface area contributed by atoms with Gasteiger partial charge in [0.15, 0.2) is 11.7 Å². The van der Waals surface area contributed by atoms with E-state index >= 15 is 0 Å². The molecule has 1 aromatic carbocycles. The Morgan fingerprint density at radius 1 is 1.14 bits per heavy atom. The molecule has 1 heterocycles. The molecule has 1 unspecified atom stereocenters. The van der Waals surface area contributed by atoms with Crippen molar-refractivity contribution in [3.05, 3.63) is 35.4 Å². The number of nitrogens with one attached hydrogen (secondary N) is 1. The molecule has 0 bridgehead atoms. The van der Waals surface area contributed by atoms with Crippen LogP contribution in [0.1, 0.15) is 43.2 Å². The van der Waals surface area contributed by atoms with E-state index in [1.165, 1.54) is 0 Å². The largest absolute Gasteiger partial charge is 0.480 e. The van der Waals surface area contributed by atoms with E-state index in [0.29, 0.717) is 25.9 Å². The molecule has 1 atom stereocenters. The zero-order valence-corrected chi connectivity index (χ0v) is 16.1. The Labute approximate surface area is 164 Å². The average Bonchev–Trinajstić information content (AvgIpc) is 2.67. The molecule has 7 heteroatoms. The second-order valence-electron chi connectivity index (χ2n) is 7.93. The van der Waals surface area contributed by atoms with Crippen molar-refractivity contribution in [2.24, 2.45) is 11.3 Å². The standard InChI is InChI=1S/C21H26N2O5/c1-14-5-7-15(8-6-14)12-23-13-21(9-3-2-4-10-21)18(26)17(20(23)28)19(27)22-11-16(24)25/h5-8,17H,2-4,9-13H2,1H3,(H,22,27)(H,24,25). The molecular weight excluding hydrogens is 360 g/mol. The van der Waals surface area contributed by atoms with Gasteiger partial charge in [-0.05, 0) is 25.3 Å². The van der Waals surface area contributed by atoms with Crippen LogP contribution < -0.4 is 5.32 Å². The summed E-state index contributed by atoms with van der Waals surface area (Å²) in [5, 5.41) is 11.0. The quantitative estimate of drug-likeness (QED) is 0.749. The maximum atomic E-state index is 13.2. The topological polar surface area (TPSA) is 104 Å². The summed E-state index contributed by atoms with van der Waals surface area (Å²) >= 11 is 0. The molecule has 150 valence electrons. The van der Waals surface area contributed by atoms with E-state index in [4.69, 9.17) is 5.11 Å². The molecule has 2 fully saturated rings. The van der Waals surface area contributed by atoms with Gasteiger partial charge in [-0.2, -0.15) is 0 Å². The van der Waals surface area contributed by atoms with Crippen molar-refractivity contribution in [2.75, 3.05) is 13.1 Å². The number of likely N-dealkylation sites (tertiary alicyclic amines) is 1. The summed E-state index contributed by atoms with van der Waals surface area (Å²) in [5.41, 5.74) is 1.34. The highest BCUT2D eigenvalue weighted by molar-refractivity contribution is 6.21. The number of ketones is 1. The van der Waals surface area contributed by atoms with E-state index in [-0.39, 0.29) is 5.78 Å². The third kappa shape index (κ3) is 4.08. The SMILES string of the molecule is Cc1ccc(CN2CC3(CCCCC3)C(=O)C(C(=O)NCC(=O)O)C2=O)cc1. The molecule has 28 heavy (non-hydrogen) atoms. The number of rotatable bonds is 5. The fraction of sp³-hybridized carbons (Fsp3) is 0.524. The highest BCUT2D eigenvalue weighted by Gasteiger charge is 2.54. The van der Waals surface area contributed by atoms with E-state index in [2.05, 4.69) is 5.32 Å². The summed E-state index contributed by atoms with van der Waals surface area (Å²) in [6.45, 7) is 2.02. The van der Waals surface area contributed by atoms with Crippen LogP contribution in [0.3, 0.4) is 0 Å². The molecule has 1 spiro atoms. The summed E-state index contributed by atoms with van der Waals surface area (Å²) in [6.07, 6.45) is 4.14. The lowest BCUT2D eigenvalue weighted by Gasteiger charge is -2.46. The van der Waals surface area contributed by atoms with Gasteiger partial charge in [-0.15, -0.1) is 0 Å². The molecular formula is C21H26N2O5. The minimum Gasteiger partial charge on any atom is -0.480 e. The normalized spacial score (nSPS) is 21.6. The number of carbonyl (C=O) groups excluding carboxylic acids is 3. The van der Waals surface area contributed by atoms with Crippen LogP contribution in [0.15, 0.2) is 24.3 Å². The first kappa shape index (κ1) is 20.0. The first-order chi connectivity index (χ1) is 13.3. The summed E-state index contributed by atoms with van der Waals surface area (Å²) in [5.74, 6) is -4.37. The number of hydrogen-bond acceptors (Lipinski definition) is 4. The van der Waals surface area contributed by atoms with E-state index in [0.717, 1.165) is 30.4 Å². The predicted octanol–water partition coefficient (Wildman–Crippen LogP) is 1.67. The van der Waals surface area contributed by atoms with E-state index in [1.807, 2.05) is 31.2 Å². The third-order valence-electron chi connectivity index (χ3n) is 5.82. The molecule has 0 aromatic heterocycles. The number of aryl methyl sites for hydroxylation is 1. The number of benzene rings is 1. The number of carboxylic acid groups (broad SMARTS) is 1. The van der Waals surface area contributed by atoms with Gasteiger partial charge in [0.1, 0.15) is 6.54 Å². The molecule has 1 aromatic rings. The lowest BCUT2D eigenvalue weighted by atomic mass is 9.65. The highest BCUT2D eigenvalue weighted by atomic mass is 16.4. The van der Waals surface area contributed by atoms with Crippen molar-refractivity contribution in [2.45, 2.75) is 45.6 Å². The molecule has 1 aliphatic carbocycles. The molecule has 0 radical (unpaired) electrons. The molecule has 1 saturated carbocycles. The van der Waals surface area contributed by atoms with Crippen molar-refractivity contribution in [1.82, 2.24) is 10.2 Å². The summed E-state index contributed by atoms with van der Waals surface area (Å²) < 4.78 is 0. The Hall–Kier alpha value is -2.70. The lowest BCUT2D eigenvalue weighted by Crippen LogP contribution is -2.61. The molecule has 2 amide bonds. The van der Waals surface area contributed by atoms with Crippen LogP contribution >= 0.6 is 0 Å². The van der Waals surface area contributed by atoms with E-state index < -0.39 is 35.7 Å². The zero-order valence-electron chi connectivity index (χ0n) is 16.1. The number of aliphatic carboxylic acids is 1. The Morgan fingerprint density at radius 3 is 2.39 bits per heavy atom. The third-order valence-corrected chi connectivity index (χ3v) is 5.82. The number of hydrogen-bond donors (Lipinski definition) is 2. The fourth-order valence-electron chi connectivity index (χ4n) is 4.30. The lowest BCUT2D eigenvalue weighted by molar-refractivity contribution is -0.161. The Kier molecular flexibility index (Phi) is 5.82. The van der Waals surface area contributed by atoms with Crippen molar-refractivity contribution in [3.63, 3.8) is 0 Å². The maximum Gasteiger partial charge on any atom is 0.322 e. The first-order valence-corrected chi connectivity index (χ1v) is 9.70. The number of Topliss-reactive ketones (excluding diaryl/α,β-unsaturated/α-hetero) is 1. The monoisotopic (exact) mass is 386 g/mol. The van der Waals surface area contributed by atoms with Crippen molar-refractivity contribution >= 4 is 23.6 Å². The van der Waals surface area contributed by atoms with Crippen molar-refractivity contribution in [3.8, 4) is 0 Å². The van der Waals surface area contributed by atoms with Gasteiger partial charge in [-0.1, -0.05) is 49.1 Å². The van der Waals surface area contributed by atoms with Crippen LogP contribution in [0.25, 0.3) is 0 Å². The molecule has 1 saturated heterocycles. The minimum absolute atomic E-state index is 0.321. The number of carboxylic acids is 1. The smallest absolute Gasteiger partial charge is 0.322 e. The van der Waals surface area contributed by atoms with Gasteiger partial charge in [0.2, 0.25) is 11.8 Å². The van der Waals surface area contributed by atoms with Gasteiger partial charge in [0.05, 0.1) is 0 Å². The highest BCUT2D eigenvalue weighted by Crippen LogP contribution is 2.43. The summed E-state index contributed by atoms with van der Waals surface area (Å²) in [4.78, 5) is 51.1. The van der Waals surface area contributed by atoms with Gasteiger partial charge in [-0.3, -0.25) is 19.2 Å². The second kappa shape index (κ2) is 8.12. The first-order valence-electron chi connectivity index (χ1n) is 9.70. The summed E-state index contributed by atoms with van der Waals surface area (Å²) in [7, 11) is 0. The van der Waals surface area contributed by atoms with Gasteiger partial charge >= 0.3 is 5.97 Å². The van der Waals surface area contributed by atoms with E-state index in [9.17, 15) is 19.2 Å². The van der Waals surface area contributed by atoms with Crippen LogP contribution in [-0.2, 0) is 25.7 Å². The second-order valence-corrected chi connectivity index (χ2v) is 7.93. The fourth-order valence-corrected chi connectivity index (χ4v) is 4.30. The van der Waals surface area contributed by atoms with Crippen LogP contribution in [0.2, 0.25) is 0 Å². The molecule has 2 aliphatic rings. The van der Waals surface area contributed by atoms with Crippen molar-refractivity contribution < 1.29 is 24.3 Å². The molecule has 3 rings (SSSR count). The average molecular weight is 386 g/mol.